The van der Waals surface area contributed by atoms with E-state index in [0.29, 0.717) is 12.5 Å². The molecule has 1 aromatic heterocycles. The van der Waals surface area contributed by atoms with E-state index in [2.05, 4.69) is 42.9 Å². The molecule has 1 aromatic rings. The van der Waals surface area contributed by atoms with Gasteiger partial charge in [-0.25, -0.2) is 9.78 Å². The molecule has 0 spiro atoms. The Morgan fingerprint density at radius 1 is 1.58 bits per heavy atom. The molecule has 1 aliphatic heterocycles. The van der Waals surface area contributed by atoms with E-state index in [1.54, 1.807) is 6.20 Å². The van der Waals surface area contributed by atoms with Gasteiger partial charge in [0.15, 0.2) is 0 Å². The molecule has 0 radical (unpaired) electrons. The van der Waals surface area contributed by atoms with Crippen molar-refractivity contribution in [3.63, 3.8) is 0 Å². The maximum Gasteiger partial charge on any atom is 0.407 e. The fraction of sp³-hybridized carbons (Fsp3) is 0.688. The van der Waals surface area contributed by atoms with E-state index in [1.807, 2.05) is 18.7 Å². The number of amides is 2. The van der Waals surface area contributed by atoms with Crippen LogP contribution in [-0.4, -0.2) is 46.6 Å². The number of aromatic nitrogens is 2. The molecule has 1 aliphatic rings. The third kappa shape index (κ3) is 4.09. The molecule has 1 saturated heterocycles. The number of ether oxygens (including phenoxy) is 1. The minimum atomic E-state index is -0.603. The van der Waals surface area contributed by atoms with Crippen LogP contribution in [0.1, 0.15) is 45.5 Å². The molecule has 24 heavy (non-hydrogen) atoms. The second-order valence-corrected chi connectivity index (χ2v) is 7.32. The predicted molar refractivity (Wildman–Crippen MR) is 93.3 cm³/mol. The summed E-state index contributed by atoms with van der Waals surface area (Å²) in [7, 11) is 1.30. The molecule has 2 N–H and O–H groups in total. The maximum atomic E-state index is 13.1. The van der Waals surface area contributed by atoms with E-state index in [1.165, 1.54) is 7.11 Å². The number of nitrogens with one attached hydrogen (secondary N) is 2. The van der Waals surface area contributed by atoms with Gasteiger partial charge in [0.25, 0.3) is 0 Å². The van der Waals surface area contributed by atoms with Crippen LogP contribution in [0.5, 0.6) is 0 Å². The van der Waals surface area contributed by atoms with Gasteiger partial charge >= 0.3 is 6.09 Å². The van der Waals surface area contributed by atoms with E-state index in [0.717, 1.165) is 23.3 Å². The highest BCUT2D eigenvalue weighted by Gasteiger charge is 2.40. The lowest BCUT2D eigenvalue weighted by Crippen LogP contribution is -2.51. The summed E-state index contributed by atoms with van der Waals surface area (Å²) in [4.78, 5) is 34.1. The number of hydrogen-bond donors (Lipinski definition) is 2. The monoisotopic (exact) mass is 400 g/mol. The fourth-order valence-electron chi connectivity index (χ4n) is 3.08. The highest BCUT2D eigenvalue weighted by molar-refractivity contribution is 9.10. The summed E-state index contributed by atoms with van der Waals surface area (Å²) in [6.07, 6.45) is 2.73. The Bertz CT molecular complexity index is 592. The van der Waals surface area contributed by atoms with E-state index < -0.39 is 12.1 Å². The second-order valence-electron chi connectivity index (χ2n) is 6.46. The number of likely N-dealkylation sites (tertiary alicyclic amines) is 1. The summed E-state index contributed by atoms with van der Waals surface area (Å²) in [5.41, 5.74) is 0. The van der Waals surface area contributed by atoms with Crippen LogP contribution in [-0.2, 0) is 9.53 Å². The van der Waals surface area contributed by atoms with Crippen LogP contribution in [0.3, 0.4) is 0 Å². The maximum absolute atomic E-state index is 13.1. The van der Waals surface area contributed by atoms with Gasteiger partial charge in [-0.05, 0) is 34.2 Å². The van der Waals surface area contributed by atoms with Crippen LogP contribution < -0.4 is 5.32 Å². The number of aromatic amines is 1. The van der Waals surface area contributed by atoms with Gasteiger partial charge in [0.2, 0.25) is 5.91 Å². The second kappa shape index (κ2) is 8.00. The highest BCUT2D eigenvalue weighted by atomic mass is 79.9. The molecule has 4 atom stereocenters. The average molecular weight is 401 g/mol. The van der Waals surface area contributed by atoms with E-state index in [9.17, 15) is 9.59 Å². The van der Waals surface area contributed by atoms with Crippen molar-refractivity contribution in [2.45, 2.75) is 45.7 Å². The largest absolute Gasteiger partial charge is 0.453 e. The van der Waals surface area contributed by atoms with Gasteiger partial charge in [-0.15, -0.1) is 0 Å². The average Bonchev–Trinajstić information content (AvgIpc) is 3.16. The number of methoxy groups -OCH3 is 1. The number of halogens is 1. The Balaban J connectivity index is 2.23. The van der Waals surface area contributed by atoms with Gasteiger partial charge in [-0.1, -0.05) is 27.2 Å². The van der Waals surface area contributed by atoms with Gasteiger partial charge in [-0.2, -0.15) is 0 Å². The van der Waals surface area contributed by atoms with Crippen molar-refractivity contribution in [2.24, 2.45) is 11.8 Å². The van der Waals surface area contributed by atoms with Crippen molar-refractivity contribution in [2.75, 3.05) is 13.7 Å². The molecule has 8 heteroatoms. The molecule has 0 aromatic carbocycles. The van der Waals surface area contributed by atoms with Crippen LogP contribution in [0, 0.1) is 11.8 Å². The van der Waals surface area contributed by atoms with E-state index in [-0.39, 0.29) is 17.9 Å². The number of carbonyl (C=O) groups is 2. The van der Waals surface area contributed by atoms with Crippen LogP contribution in [0.25, 0.3) is 0 Å². The number of carbonyl (C=O) groups excluding carboxylic acids is 2. The Kier molecular flexibility index (Phi) is 6.26. The first-order chi connectivity index (χ1) is 11.4. The molecule has 0 aliphatic carbocycles. The quantitative estimate of drug-likeness (QED) is 0.795. The van der Waals surface area contributed by atoms with Crippen molar-refractivity contribution in [1.82, 2.24) is 20.2 Å². The van der Waals surface area contributed by atoms with E-state index in [4.69, 9.17) is 0 Å². The zero-order valence-corrected chi connectivity index (χ0v) is 16.1. The molecule has 134 valence electrons. The molecule has 7 nitrogen and oxygen atoms in total. The van der Waals surface area contributed by atoms with E-state index >= 15 is 0 Å². The SMILES string of the molecule is CC[C@H](C)C(NC(=O)OC)C(=O)N1C[C@@H](C)C[C@H]1c1ncc(Br)[nH]1. The van der Waals surface area contributed by atoms with Gasteiger partial charge in [0.05, 0.1) is 19.3 Å². The number of alkyl carbamates (subject to hydrolysis) is 1. The number of imidazole rings is 1. The summed E-state index contributed by atoms with van der Waals surface area (Å²) >= 11 is 3.36. The smallest absolute Gasteiger partial charge is 0.407 e. The minimum Gasteiger partial charge on any atom is -0.453 e. The zero-order valence-electron chi connectivity index (χ0n) is 14.5. The third-order valence-corrected chi connectivity index (χ3v) is 5.01. The molecule has 1 unspecified atom stereocenters. The minimum absolute atomic E-state index is 0.0106. The lowest BCUT2D eigenvalue weighted by Gasteiger charge is -2.30. The summed E-state index contributed by atoms with van der Waals surface area (Å²) in [6, 6.07) is -0.710. The first-order valence-corrected chi connectivity index (χ1v) is 9.02. The van der Waals surface area contributed by atoms with Crippen molar-refractivity contribution in [1.29, 1.82) is 0 Å². The molecule has 1 fully saturated rings. The molecule has 0 saturated carbocycles. The normalized spacial score (nSPS) is 23.0. The van der Waals surface area contributed by atoms with Gasteiger partial charge < -0.3 is 19.9 Å². The standard InChI is InChI=1S/C16H25BrN4O3/c1-5-10(3)13(20-16(23)24-4)15(22)21-8-9(2)6-11(21)14-18-7-12(17)19-14/h7,9-11,13H,5-6,8H2,1-4H3,(H,18,19)(H,20,23)/t9-,10-,11-,13?/m0/s1. The van der Waals surface area contributed by atoms with Crippen molar-refractivity contribution >= 4 is 27.9 Å². The number of H-pyrrole nitrogens is 1. The van der Waals surface area contributed by atoms with Gasteiger partial charge in [0, 0.05) is 6.54 Å². The van der Waals surface area contributed by atoms with Crippen molar-refractivity contribution in [3.8, 4) is 0 Å². The van der Waals surface area contributed by atoms with Crippen LogP contribution in [0.4, 0.5) is 4.79 Å². The van der Waals surface area contributed by atoms with Gasteiger partial charge in [-0.3, -0.25) is 4.79 Å². The Morgan fingerprint density at radius 2 is 2.29 bits per heavy atom. The Labute approximate surface area is 150 Å². The van der Waals surface area contributed by atoms with Crippen molar-refractivity contribution in [3.05, 3.63) is 16.6 Å². The summed E-state index contributed by atoms with van der Waals surface area (Å²) in [5.74, 6) is 1.06. The lowest BCUT2D eigenvalue weighted by molar-refractivity contribution is -0.135. The van der Waals surface area contributed by atoms with Crippen LogP contribution in [0.15, 0.2) is 10.8 Å². The summed E-state index contributed by atoms with van der Waals surface area (Å²) in [6.45, 7) is 6.72. The fourth-order valence-corrected chi connectivity index (χ4v) is 3.38. The molecule has 0 bridgehead atoms. The Hall–Kier alpha value is -1.57. The number of nitrogens with zero attached hydrogens (tertiary/aromatic N) is 2. The molecule has 2 amide bonds. The molecule has 2 heterocycles. The van der Waals surface area contributed by atoms with Gasteiger partial charge in [0.1, 0.15) is 16.5 Å². The van der Waals surface area contributed by atoms with Crippen molar-refractivity contribution < 1.29 is 14.3 Å². The third-order valence-electron chi connectivity index (χ3n) is 4.61. The number of rotatable bonds is 5. The summed E-state index contributed by atoms with van der Waals surface area (Å²) in [5, 5.41) is 2.69. The topological polar surface area (TPSA) is 87.3 Å². The first-order valence-electron chi connectivity index (χ1n) is 8.22. The zero-order chi connectivity index (χ0) is 17.9. The molecule has 2 rings (SSSR count). The predicted octanol–water partition coefficient (Wildman–Crippen LogP) is 2.85. The van der Waals surface area contributed by atoms with Crippen LogP contribution >= 0.6 is 15.9 Å². The first kappa shape index (κ1) is 18.8. The summed E-state index contributed by atoms with van der Waals surface area (Å²) < 4.78 is 5.47. The highest BCUT2D eigenvalue weighted by Crippen LogP contribution is 2.35. The molecular formula is C16H25BrN4O3. The Morgan fingerprint density at radius 3 is 2.83 bits per heavy atom. The van der Waals surface area contributed by atoms with Crippen LogP contribution in [0.2, 0.25) is 0 Å². The number of hydrogen-bond acceptors (Lipinski definition) is 4. The lowest BCUT2D eigenvalue weighted by atomic mass is 9.97. The molecular weight excluding hydrogens is 376 g/mol.